The number of Topliss-reactive ketones (excluding diaryl/α,β-unsaturated/α-hetero) is 4. The summed E-state index contributed by atoms with van der Waals surface area (Å²) in [6.07, 6.45) is -5.18. The van der Waals surface area contributed by atoms with Crippen molar-refractivity contribution >= 4 is 40.4 Å². The largest absolute Gasteiger partial charge is 0.573 e. The molecule has 5 rings (SSSR count). The maximum absolute atomic E-state index is 13.9. The summed E-state index contributed by atoms with van der Waals surface area (Å²) >= 11 is 0. The molecule has 0 radical (unpaired) electrons. The molecule has 11 nitrogen and oxygen atoms in total. The number of nitrogens with two attached hydrogens (primary N) is 1. The first-order chi connectivity index (χ1) is 20.0. The topological polar surface area (TPSA) is 176 Å². The van der Waals surface area contributed by atoms with E-state index in [-0.39, 0.29) is 30.6 Å². The summed E-state index contributed by atoms with van der Waals surface area (Å²) in [4.78, 5) is 66.8. The standard InChI is InChI=1S/C29H28F3N3O8/c1-35(2)18-10-17(34-11-12-3-5-15(6-4-12)43-29(30,31)32)23(37)21-16(18)8-13-7-14-9-19(36)22(27(33)41)26(40)28(14,42)25(39)20(13)24(21)38/h3-6,10,13-14,20,22,34,37,42H,7-9,11H2,1-2H3,(H2,33,41)/t13-,14+,20?,22?,28+/m1/s1. The highest BCUT2D eigenvalue weighted by atomic mass is 19.4. The van der Waals surface area contributed by atoms with Gasteiger partial charge in [-0.2, -0.15) is 0 Å². The number of ketones is 4. The third kappa shape index (κ3) is 4.98. The van der Waals surface area contributed by atoms with Gasteiger partial charge in [-0.3, -0.25) is 24.0 Å². The van der Waals surface area contributed by atoms with Crippen LogP contribution in [0.25, 0.3) is 0 Å². The molecule has 0 saturated heterocycles. The van der Waals surface area contributed by atoms with E-state index in [0.29, 0.717) is 16.8 Å². The molecular weight excluding hydrogens is 575 g/mol. The van der Waals surface area contributed by atoms with Crippen LogP contribution in [0, 0.1) is 23.7 Å². The smallest absolute Gasteiger partial charge is 0.505 e. The number of halogens is 3. The van der Waals surface area contributed by atoms with E-state index in [1.165, 1.54) is 12.1 Å². The summed E-state index contributed by atoms with van der Waals surface area (Å²) in [5, 5.41) is 25.6. The van der Waals surface area contributed by atoms with Crippen molar-refractivity contribution in [2.75, 3.05) is 24.3 Å². The lowest BCUT2D eigenvalue weighted by molar-refractivity contribution is -0.274. The van der Waals surface area contributed by atoms with Gasteiger partial charge in [0.05, 0.1) is 17.2 Å². The van der Waals surface area contributed by atoms with Crippen molar-refractivity contribution in [2.45, 2.75) is 37.8 Å². The second-order valence-corrected chi connectivity index (χ2v) is 11.3. The second-order valence-electron chi connectivity index (χ2n) is 11.3. The Morgan fingerprint density at radius 3 is 2.35 bits per heavy atom. The molecule has 2 saturated carbocycles. The van der Waals surface area contributed by atoms with E-state index in [9.17, 15) is 47.4 Å². The van der Waals surface area contributed by atoms with Crippen LogP contribution in [0.2, 0.25) is 0 Å². The molecule has 3 aliphatic carbocycles. The first kappa shape index (κ1) is 30.0. The van der Waals surface area contributed by atoms with Crippen molar-refractivity contribution in [2.24, 2.45) is 29.4 Å². The average Bonchev–Trinajstić information content (AvgIpc) is 2.90. The highest BCUT2D eigenvalue weighted by Gasteiger charge is 2.66. The van der Waals surface area contributed by atoms with Crippen molar-refractivity contribution in [3.8, 4) is 11.5 Å². The van der Waals surface area contributed by atoms with E-state index < -0.39 is 82.6 Å². The Hall–Kier alpha value is -4.46. The van der Waals surface area contributed by atoms with Crippen LogP contribution in [-0.2, 0) is 32.1 Å². The van der Waals surface area contributed by atoms with E-state index in [2.05, 4.69) is 10.1 Å². The number of primary amides is 1. The number of fused-ring (bicyclic) bond motifs is 3. The number of carbonyl (C=O) groups is 5. The van der Waals surface area contributed by atoms with Crippen LogP contribution in [0.5, 0.6) is 11.5 Å². The van der Waals surface area contributed by atoms with Crippen LogP contribution in [0.4, 0.5) is 24.5 Å². The predicted octanol–water partition coefficient (Wildman–Crippen LogP) is 1.90. The number of benzene rings is 2. The first-order valence-electron chi connectivity index (χ1n) is 13.4. The number of anilines is 2. The number of aliphatic hydroxyl groups is 1. The molecule has 0 aromatic heterocycles. The lowest BCUT2D eigenvalue weighted by atomic mass is 9.53. The maximum atomic E-state index is 13.9. The second kappa shape index (κ2) is 10.4. The van der Waals surface area contributed by atoms with Gasteiger partial charge in [0, 0.05) is 38.7 Å². The quantitative estimate of drug-likeness (QED) is 0.282. The van der Waals surface area contributed by atoms with Gasteiger partial charge in [-0.05, 0) is 48.1 Å². The number of rotatable bonds is 6. The molecule has 3 aliphatic rings. The highest BCUT2D eigenvalue weighted by Crippen LogP contribution is 2.52. The monoisotopic (exact) mass is 603 g/mol. The van der Waals surface area contributed by atoms with Gasteiger partial charge < -0.3 is 30.9 Å². The van der Waals surface area contributed by atoms with Gasteiger partial charge >= 0.3 is 6.36 Å². The Labute approximate surface area is 242 Å². The summed E-state index contributed by atoms with van der Waals surface area (Å²) in [6, 6.07) is 6.61. The SMILES string of the molecule is CN(C)c1cc(NCc2ccc(OC(F)(F)F)cc2)c(O)c2c1C[C@H]1C[C@H]3CC(=O)C(C(N)=O)C(=O)[C@@]3(O)C(=O)C1C2=O. The molecule has 5 N–H and O–H groups in total. The average molecular weight is 604 g/mol. The van der Waals surface area contributed by atoms with Crippen molar-refractivity contribution in [3.05, 3.63) is 47.0 Å². The lowest BCUT2D eigenvalue weighted by Gasteiger charge is -2.48. The lowest BCUT2D eigenvalue weighted by Crippen LogP contribution is -2.68. The van der Waals surface area contributed by atoms with Crippen LogP contribution < -0.4 is 20.7 Å². The summed E-state index contributed by atoms with van der Waals surface area (Å²) in [5.41, 5.74) is 3.88. The van der Waals surface area contributed by atoms with E-state index in [1.807, 2.05) is 0 Å². The van der Waals surface area contributed by atoms with Gasteiger partial charge in [0.1, 0.15) is 11.5 Å². The number of ether oxygens (including phenoxy) is 1. The molecule has 2 fully saturated rings. The van der Waals surface area contributed by atoms with Crippen molar-refractivity contribution < 1.29 is 52.1 Å². The molecule has 2 unspecified atom stereocenters. The van der Waals surface area contributed by atoms with Gasteiger partial charge in [-0.1, -0.05) is 12.1 Å². The highest BCUT2D eigenvalue weighted by molar-refractivity contribution is 6.31. The number of nitrogens with one attached hydrogen (secondary N) is 1. The molecule has 0 spiro atoms. The minimum absolute atomic E-state index is 0.0251. The van der Waals surface area contributed by atoms with Crippen LogP contribution in [-0.4, -0.2) is 65.3 Å². The maximum Gasteiger partial charge on any atom is 0.573 e. The molecule has 14 heteroatoms. The van der Waals surface area contributed by atoms with Crippen molar-refractivity contribution in [3.63, 3.8) is 0 Å². The Morgan fingerprint density at radius 2 is 1.77 bits per heavy atom. The Kier molecular flexibility index (Phi) is 7.23. The van der Waals surface area contributed by atoms with Gasteiger partial charge in [-0.15, -0.1) is 13.2 Å². The zero-order chi connectivity index (χ0) is 31.6. The molecule has 1 amide bonds. The third-order valence-corrected chi connectivity index (χ3v) is 8.50. The van der Waals surface area contributed by atoms with Crippen LogP contribution in [0.15, 0.2) is 30.3 Å². The summed E-state index contributed by atoms with van der Waals surface area (Å²) < 4.78 is 41.3. The normalized spacial score (nSPS) is 26.7. The molecule has 2 aromatic carbocycles. The third-order valence-electron chi connectivity index (χ3n) is 8.50. The van der Waals surface area contributed by atoms with Crippen LogP contribution >= 0.6 is 0 Å². The van der Waals surface area contributed by atoms with Gasteiger partial charge in [0.15, 0.2) is 34.7 Å². The number of carbonyl (C=O) groups excluding carboxylic acids is 5. The number of phenolic OH excluding ortho intramolecular Hbond substituents is 1. The molecule has 0 bridgehead atoms. The number of alkyl halides is 3. The minimum Gasteiger partial charge on any atom is -0.505 e. The number of nitrogens with zero attached hydrogens (tertiary/aromatic N) is 1. The summed E-state index contributed by atoms with van der Waals surface area (Å²) in [7, 11) is 3.42. The Bertz CT molecular complexity index is 1560. The molecule has 43 heavy (non-hydrogen) atoms. The summed E-state index contributed by atoms with van der Waals surface area (Å²) in [5.74, 6) is -11.6. The minimum atomic E-state index is -4.84. The van der Waals surface area contributed by atoms with Crippen molar-refractivity contribution in [1.29, 1.82) is 0 Å². The van der Waals surface area contributed by atoms with Crippen LogP contribution in [0.3, 0.4) is 0 Å². The number of hydrogen-bond donors (Lipinski definition) is 4. The first-order valence-corrected chi connectivity index (χ1v) is 13.4. The fourth-order valence-electron chi connectivity index (χ4n) is 6.55. The van der Waals surface area contributed by atoms with Gasteiger partial charge in [0.2, 0.25) is 5.91 Å². The molecule has 5 atom stereocenters. The molecule has 228 valence electrons. The molecule has 2 aromatic rings. The molecular formula is C29H28F3N3O8. The number of amides is 1. The predicted molar refractivity (Wildman–Crippen MR) is 143 cm³/mol. The van der Waals surface area contributed by atoms with E-state index >= 15 is 0 Å². The zero-order valence-corrected chi connectivity index (χ0v) is 23.0. The fraction of sp³-hybridized carbons (Fsp3) is 0.414. The number of aromatic hydroxyl groups is 1. The van der Waals surface area contributed by atoms with Crippen LogP contribution in [0.1, 0.15) is 34.3 Å². The van der Waals surface area contributed by atoms with E-state index in [1.54, 1.807) is 25.1 Å². The molecule has 0 aliphatic heterocycles. The van der Waals surface area contributed by atoms with Crippen molar-refractivity contribution in [1.82, 2.24) is 0 Å². The summed E-state index contributed by atoms with van der Waals surface area (Å²) in [6.45, 7) is 0.0309. The van der Waals surface area contributed by atoms with E-state index in [0.717, 1.165) is 12.1 Å². The van der Waals surface area contributed by atoms with Gasteiger partial charge in [-0.25, -0.2) is 0 Å². The zero-order valence-electron chi connectivity index (χ0n) is 23.0. The van der Waals surface area contributed by atoms with E-state index in [4.69, 9.17) is 5.73 Å². The fourth-order valence-corrected chi connectivity index (χ4v) is 6.55. The number of phenols is 1. The molecule has 0 heterocycles. The van der Waals surface area contributed by atoms with Gasteiger partial charge in [0.25, 0.3) is 0 Å². The Balaban J connectivity index is 1.48. The number of hydrogen-bond acceptors (Lipinski definition) is 10. The Morgan fingerprint density at radius 1 is 1.12 bits per heavy atom.